The van der Waals surface area contributed by atoms with Gasteiger partial charge in [0.05, 0.1) is 5.69 Å². The van der Waals surface area contributed by atoms with Crippen LogP contribution in [0.25, 0.3) is 0 Å². The minimum atomic E-state index is -0.425. The van der Waals surface area contributed by atoms with Crippen molar-refractivity contribution in [1.82, 2.24) is 4.90 Å². The molecule has 3 amide bonds. The zero-order valence-corrected chi connectivity index (χ0v) is 16.4. The van der Waals surface area contributed by atoms with Crippen molar-refractivity contribution >= 4 is 31.2 Å². The predicted molar refractivity (Wildman–Crippen MR) is 109 cm³/mol. The van der Waals surface area contributed by atoms with Crippen molar-refractivity contribution in [3.05, 3.63) is 35.9 Å². The van der Waals surface area contributed by atoms with Gasteiger partial charge in [0.15, 0.2) is 0 Å². The predicted octanol–water partition coefficient (Wildman–Crippen LogP) is 2.33. The van der Waals surface area contributed by atoms with Crippen LogP contribution in [0.5, 0.6) is 5.75 Å². The van der Waals surface area contributed by atoms with Crippen molar-refractivity contribution in [2.75, 3.05) is 11.9 Å². The van der Waals surface area contributed by atoms with Crippen molar-refractivity contribution in [3.63, 3.8) is 0 Å². The summed E-state index contributed by atoms with van der Waals surface area (Å²) < 4.78 is 0. The lowest BCUT2D eigenvalue weighted by Crippen LogP contribution is -2.29. The first-order chi connectivity index (χ1) is 13.4. The van der Waals surface area contributed by atoms with Crippen LogP contribution in [0.15, 0.2) is 30.4 Å². The molecule has 148 valence electrons. The quantitative estimate of drug-likeness (QED) is 0.264. The van der Waals surface area contributed by atoms with E-state index >= 15 is 0 Å². The Bertz CT molecular complexity index is 758. The van der Waals surface area contributed by atoms with Gasteiger partial charge in [-0.15, -0.1) is 0 Å². The van der Waals surface area contributed by atoms with Crippen LogP contribution in [0, 0.1) is 11.2 Å². The van der Waals surface area contributed by atoms with E-state index in [-0.39, 0.29) is 30.4 Å². The minimum Gasteiger partial charge on any atom is -0.506 e. The first-order valence-electron chi connectivity index (χ1n) is 9.32. The standard InChI is InChI=1S/C20H26BN3O4/c1-3-6-20(28)24(14-25)10-5-7-19(27)23-17-12-15(8-9-18(17)26)11-16(4-2)21-13-22/h3,6,8-9,12,14,16,21,26H,4-5,7,10-11H2,1-2H3,(H,23,27)/b6-3-. The molecule has 0 aromatic heterocycles. The lowest BCUT2D eigenvalue weighted by molar-refractivity contribution is -0.134. The van der Waals surface area contributed by atoms with Gasteiger partial charge in [-0.1, -0.05) is 25.5 Å². The van der Waals surface area contributed by atoms with Crippen molar-refractivity contribution in [3.8, 4) is 11.7 Å². The molecular formula is C20H26BN3O4. The van der Waals surface area contributed by atoms with Gasteiger partial charge in [0.1, 0.15) is 5.75 Å². The number of imide groups is 1. The summed E-state index contributed by atoms with van der Waals surface area (Å²) in [5.41, 5.74) is 1.24. The Kier molecular flexibility index (Phi) is 10.1. The van der Waals surface area contributed by atoms with E-state index in [0.29, 0.717) is 32.2 Å². The van der Waals surface area contributed by atoms with E-state index in [4.69, 9.17) is 5.26 Å². The molecule has 0 aliphatic carbocycles. The summed E-state index contributed by atoms with van der Waals surface area (Å²) in [6, 6.07) is 5.01. The molecular weight excluding hydrogens is 357 g/mol. The van der Waals surface area contributed by atoms with Crippen LogP contribution in [-0.4, -0.2) is 42.1 Å². The van der Waals surface area contributed by atoms with E-state index in [2.05, 4.69) is 11.3 Å². The second-order valence-electron chi connectivity index (χ2n) is 6.48. The van der Waals surface area contributed by atoms with Gasteiger partial charge in [0.2, 0.25) is 12.3 Å². The molecule has 0 spiro atoms. The second-order valence-corrected chi connectivity index (χ2v) is 6.48. The number of nitriles is 1. The highest BCUT2D eigenvalue weighted by molar-refractivity contribution is 6.46. The fraction of sp³-hybridized carbons (Fsp3) is 0.400. The van der Waals surface area contributed by atoms with Gasteiger partial charge < -0.3 is 10.4 Å². The average Bonchev–Trinajstić information content (AvgIpc) is 2.67. The number of hydrogen-bond acceptors (Lipinski definition) is 5. The van der Waals surface area contributed by atoms with Crippen LogP contribution in [-0.2, 0) is 20.8 Å². The van der Waals surface area contributed by atoms with Crippen LogP contribution < -0.4 is 5.32 Å². The lowest BCUT2D eigenvalue weighted by atomic mass is 9.63. The number of allylic oxidation sites excluding steroid dienone is 1. The number of amides is 3. The summed E-state index contributed by atoms with van der Waals surface area (Å²) >= 11 is 0. The van der Waals surface area contributed by atoms with Crippen LogP contribution in [0.3, 0.4) is 0 Å². The summed E-state index contributed by atoms with van der Waals surface area (Å²) in [5.74, 6) is 1.62. The third-order valence-corrected chi connectivity index (χ3v) is 4.34. The van der Waals surface area contributed by atoms with Gasteiger partial charge in [-0.05, 0) is 55.3 Å². The highest BCUT2D eigenvalue weighted by Gasteiger charge is 2.13. The average molecular weight is 383 g/mol. The van der Waals surface area contributed by atoms with Crippen molar-refractivity contribution in [2.24, 2.45) is 0 Å². The fourth-order valence-corrected chi connectivity index (χ4v) is 2.71. The summed E-state index contributed by atoms with van der Waals surface area (Å²) in [6.45, 7) is 3.84. The molecule has 1 atom stereocenters. The van der Waals surface area contributed by atoms with Gasteiger partial charge in [-0.3, -0.25) is 19.3 Å². The smallest absolute Gasteiger partial charge is 0.253 e. The molecule has 28 heavy (non-hydrogen) atoms. The van der Waals surface area contributed by atoms with E-state index in [1.54, 1.807) is 25.1 Å². The number of phenolic OH excluding ortho intramolecular Hbond substituents is 1. The summed E-state index contributed by atoms with van der Waals surface area (Å²) in [6.07, 6.45) is 5.25. The minimum absolute atomic E-state index is 0.0387. The Hall–Kier alpha value is -3.08. The number of anilines is 1. The van der Waals surface area contributed by atoms with Crippen molar-refractivity contribution < 1.29 is 19.5 Å². The summed E-state index contributed by atoms with van der Waals surface area (Å²) in [5, 5.41) is 21.5. The molecule has 7 nitrogen and oxygen atoms in total. The number of nitrogens with zero attached hydrogens (tertiary/aromatic N) is 2. The Balaban J connectivity index is 2.63. The van der Waals surface area contributed by atoms with Crippen LogP contribution >= 0.6 is 0 Å². The number of nitrogens with one attached hydrogen (secondary N) is 1. The normalized spacial score (nSPS) is 11.5. The molecule has 1 aromatic carbocycles. The summed E-state index contributed by atoms with van der Waals surface area (Å²) in [7, 11) is 0.457. The maximum Gasteiger partial charge on any atom is 0.253 e. The monoisotopic (exact) mass is 383 g/mol. The maximum atomic E-state index is 12.2. The largest absolute Gasteiger partial charge is 0.506 e. The first kappa shape index (κ1) is 23.0. The van der Waals surface area contributed by atoms with E-state index in [9.17, 15) is 19.5 Å². The Morgan fingerprint density at radius 1 is 1.43 bits per heavy atom. The summed E-state index contributed by atoms with van der Waals surface area (Å²) in [4.78, 5) is 35.7. The van der Waals surface area contributed by atoms with Crippen LogP contribution in [0.2, 0.25) is 5.82 Å². The molecule has 0 saturated heterocycles. The maximum absolute atomic E-state index is 12.2. The third kappa shape index (κ3) is 7.66. The van der Waals surface area contributed by atoms with Crippen molar-refractivity contribution in [1.29, 1.82) is 5.26 Å². The number of phenols is 1. The third-order valence-electron chi connectivity index (χ3n) is 4.34. The highest BCUT2D eigenvalue weighted by atomic mass is 16.3. The van der Waals surface area contributed by atoms with Gasteiger partial charge in [-0.2, -0.15) is 0 Å². The first-order valence-corrected chi connectivity index (χ1v) is 9.32. The molecule has 0 aliphatic heterocycles. The molecule has 1 aromatic rings. The molecule has 1 unspecified atom stereocenters. The number of carbonyl (C=O) groups excluding carboxylic acids is 3. The molecule has 8 heteroatoms. The number of hydrogen-bond donors (Lipinski definition) is 2. The highest BCUT2D eigenvalue weighted by Crippen LogP contribution is 2.27. The zero-order valence-electron chi connectivity index (χ0n) is 16.4. The number of aromatic hydroxyl groups is 1. The Morgan fingerprint density at radius 3 is 2.79 bits per heavy atom. The van der Waals surface area contributed by atoms with Crippen LogP contribution in [0.4, 0.5) is 5.69 Å². The molecule has 0 bridgehead atoms. The Morgan fingerprint density at radius 2 is 2.18 bits per heavy atom. The van der Waals surface area contributed by atoms with Gasteiger partial charge in [0, 0.05) is 13.0 Å². The van der Waals surface area contributed by atoms with Gasteiger partial charge >= 0.3 is 0 Å². The number of benzene rings is 1. The van der Waals surface area contributed by atoms with Gasteiger partial charge in [0.25, 0.3) is 13.2 Å². The van der Waals surface area contributed by atoms with Crippen LogP contribution in [0.1, 0.15) is 38.7 Å². The van der Waals surface area contributed by atoms with E-state index < -0.39 is 5.91 Å². The lowest BCUT2D eigenvalue weighted by Gasteiger charge is -2.14. The van der Waals surface area contributed by atoms with E-state index in [0.717, 1.165) is 16.9 Å². The number of carbonyl (C=O) groups is 3. The van der Waals surface area contributed by atoms with E-state index in [1.807, 2.05) is 6.92 Å². The molecule has 0 fully saturated rings. The van der Waals surface area contributed by atoms with E-state index in [1.165, 1.54) is 12.1 Å². The molecule has 0 heterocycles. The zero-order chi connectivity index (χ0) is 20.9. The molecule has 0 radical (unpaired) electrons. The Labute approximate surface area is 166 Å². The molecule has 1 rings (SSSR count). The second kappa shape index (κ2) is 12.3. The van der Waals surface area contributed by atoms with Crippen molar-refractivity contribution in [2.45, 2.75) is 45.3 Å². The topological polar surface area (TPSA) is 111 Å². The number of rotatable bonds is 11. The molecule has 0 aliphatic rings. The fourth-order valence-electron chi connectivity index (χ4n) is 2.71. The molecule has 2 N–H and O–H groups in total. The SMILES string of the molecule is C/C=C\C(=O)N(C=O)CCCC(=O)Nc1cc(CC(BC#N)CC)ccc1O. The van der Waals surface area contributed by atoms with Gasteiger partial charge in [-0.25, -0.2) is 5.26 Å². The molecule has 0 saturated carbocycles.